The third kappa shape index (κ3) is 4.34. The van der Waals surface area contributed by atoms with Gasteiger partial charge in [0, 0.05) is 44.7 Å². The number of urea groups is 1. The van der Waals surface area contributed by atoms with Crippen molar-refractivity contribution in [2.24, 2.45) is 0 Å². The number of carbonyl (C=O) groups excluding carboxylic acids is 2. The normalized spacial score (nSPS) is 17.7. The highest BCUT2D eigenvalue weighted by Crippen LogP contribution is 2.42. The summed E-state index contributed by atoms with van der Waals surface area (Å²) in [5, 5.41) is 19.7. The Labute approximate surface area is 228 Å². The van der Waals surface area contributed by atoms with E-state index in [1.807, 2.05) is 0 Å². The standard InChI is InChI=1S/C27H18ClF4N5O3/c28-19-3-1-14(29)7-16(19)24-23-18(25(39)35-24)5-12(13-9-33-37(10-13)26(31)32)6-20(23)34-27(40)36-11-22(38)17-8-15(30)2-4-21(17)36/h1-10,22,24,26,38H,11H2,(H,34,40)(H,35,39). The number of halogens is 5. The van der Waals surface area contributed by atoms with E-state index in [1.165, 1.54) is 35.4 Å². The summed E-state index contributed by atoms with van der Waals surface area (Å²) >= 11 is 6.34. The summed E-state index contributed by atoms with van der Waals surface area (Å²) in [5.74, 6) is -1.73. The van der Waals surface area contributed by atoms with E-state index in [0.29, 0.717) is 10.2 Å². The maximum Gasteiger partial charge on any atom is 0.333 e. The molecule has 4 aromatic rings. The summed E-state index contributed by atoms with van der Waals surface area (Å²) in [6.45, 7) is -3.05. The zero-order valence-electron chi connectivity index (χ0n) is 20.2. The number of β-amino-alcohol motifs (C(OH)–C–C–N with tert-alkyl or cyclic N) is 1. The van der Waals surface area contributed by atoms with Crippen molar-refractivity contribution in [2.75, 3.05) is 16.8 Å². The van der Waals surface area contributed by atoms with Crippen molar-refractivity contribution in [1.29, 1.82) is 0 Å². The van der Waals surface area contributed by atoms with E-state index in [1.54, 1.807) is 0 Å². The van der Waals surface area contributed by atoms with E-state index in [9.17, 15) is 32.3 Å². The molecular weight excluding hydrogens is 554 g/mol. The molecule has 13 heteroatoms. The zero-order chi connectivity index (χ0) is 28.3. The second kappa shape index (κ2) is 9.65. The second-order valence-corrected chi connectivity index (χ2v) is 9.71. The number of nitrogens with zero attached hydrogens (tertiary/aromatic N) is 3. The van der Waals surface area contributed by atoms with Gasteiger partial charge < -0.3 is 15.7 Å². The predicted molar refractivity (Wildman–Crippen MR) is 137 cm³/mol. The number of anilines is 2. The molecule has 0 fully saturated rings. The van der Waals surface area contributed by atoms with Crippen molar-refractivity contribution in [3.05, 3.63) is 99.8 Å². The molecule has 0 saturated carbocycles. The summed E-state index contributed by atoms with van der Waals surface area (Å²) in [6.07, 6.45) is 1.15. The van der Waals surface area contributed by atoms with Gasteiger partial charge in [-0.3, -0.25) is 9.69 Å². The Bertz CT molecular complexity index is 1690. The Kier molecular flexibility index (Phi) is 6.23. The second-order valence-electron chi connectivity index (χ2n) is 9.30. The largest absolute Gasteiger partial charge is 0.386 e. The molecule has 2 aliphatic heterocycles. The average molecular weight is 572 g/mol. The van der Waals surface area contributed by atoms with Gasteiger partial charge in [-0.25, -0.2) is 18.3 Å². The van der Waals surface area contributed by atoms with Gasteiger partial charge in [0.05, 0.1) is 30.6 Å². The number of amides is 3. The van der Waals surface area contributed by atoms with Crippen LogP contribution in [-0.2, 0) is 0 Å². The van der Waals surface area contributed by atoms with Crippen LogP contribution < -0.4 is 15.5 Å². The first kappa shape index (κ1) is 25.8. The fourth-order valence-electron chi connectivity index (χ4n) is 5.05. The molecule has 0 bridgehead atoms. The van der Waals surface area contributed by atoms with Crippen LogP contribution in [-0.4, -0.2) is 33.4 Å². The number of rotatable bonds is 4. The lowest BCUT2D eigenvalue weighted by Gasteiger charge is -2.22. The Hall–Kier alpha value is -4.42. The molecular formula is C27H18ClF4N5O3. The van der Waals surface area contributed by atoms with Gasteiger partial charge in [0.1, 0.15) is 11.6 Å². The van der Waals surface area contributed by atoms with Crippen LogP contribution in [0, 0.1) is 11.6 Å². The minimum atomic E-state index is -2.89. The molecule has 2 atom stereocenters. The molecule has 3 heterocycles. The maximum absolute atomic E-state index is 14.2. The van der Waals surface area contributed by atoms with Crippen LogP contribution in [0.1, 0.15) is 45.7 Å². The molecule has 1 aromatic heterocycles. The molecule has 6 rings (SSSR count). The molecule has 3 amide bonds. The number of hydrogen-bond acceptors (Lipinski definition) is 4. The number of fused-ring (bicyclic) bond motifs is 2. The predicted octanol–water partition coefficient (Wildman–Crippen LogP) is 5.80. The van der Waals surface area contributed by atoms with E-state index < -0.39 is 42.3 Å². The Morgan fingerprint density at radius 1 is 1.07 bits per heavy atom. The molecule has 0 saturated heterocycles. The third-order valence-corrected chi connectivity index (χ3v) is 7.22. The van der Waals surface area contributed by atoms with E-state index >= 15 is 0 Å². The van der Waals surface area contributed by atoms with E-state index in [4.69, 9.17) is 11.6 Å². The van der Waals surface area contributed by atoms with Crippen molar-refractivity contribution in [3.63, 3.8) is 0 Å². The topological polar surface area (TPSA) is 99.5 Å². The highest BCUT2D eigenvalue weighted by Gasteiger charge is 2.37. The van der Waals surface area contributed by atoms with Crippen LogP contribution in [0.15, 0.2) is 60.9 Å². The molecule has 0 radical (unpaired) electrons. The van der Waals surface area contributed by atoms with Gasteiger partial charge in [0.25, 0.3) is 5.91 Å². The first-order valence-corrected chi connectivity index (χ1v) is 12.3. The molecule has 40 heavy (non-hydrogen) atoms. The lowest BCUT2D eigenvalue weighted by molar-refractivity contribution is 0.0566. The number of aliphatic hydroxyl groups is 1. The number of carbonyl (C=O) groups is 2. The minimum absolute atomic E-state index is 0.104. The van der Waals surface area contributed by atoms with Crippen LogP contribution >= 0.6 is 11.6 Å². The van der Waals surface area contributed by atoms with Gasteiger partial charge in [0.15, 0.2) is 0 Å². The van der Waals surface area contributed by atoms with Gasteiger partial charge in [-0.15, -0.1) is 0 Å². The van der Waals surface area contributed by atoms with Crippen LogP contribution in [0.5, 0.6) is 0 Å². The Morgan fingerprint density at radius 3 is 2.52 bits per heavy atom. The Balaban J connectivity index is 1.46. The minimum Gasteiger partial charge on any atom is -0.386 e. The highest BCUT2D eigenvalue weighted by molar-refractivity contribution is 6.31. The van der Waals surface area contributed by atoms with Gasteiger partial charge in [-0.1, -0.05) is 11.6 Å². The number of aliphatic hydroxyl groups excluding tert-OH is 1. The summed E-state index contributed by atoms with van der Waals surface area (Å²) in [6, 6.07) is 8.58. The van der Waals surface area contributed by atoms with Gasteiger partial charge in [-0.05, 0) is 54.1 Å². The van der Waals surface area contributed by atoms with Crippen LogP contribution in [0.2, 0.25) is 5.02 Å². The molecule has 3 aromatic carbocycles. The summed E-state index contributed by atoms with van der Waals surface area (Å²) in [7, 11) is 0. The Morgan fingerprint density at radius 2 is 1.80 bits per heavy atom. The van der Waals surface area contributed by atoms with E-state index in [0.717, 1.165) is 30.5 Å². The van der Waals surface area contributed by atoms with Crippen LogP contribution in [0.25, 0.3) is 11.1 Å². The molecule has 8 nitrogen and oxygen atoms in total. The first-order valence-electron chi connectivity index (χ1n) is 11.9. The van der Waals surface area contributed by atoms with Gasteiger partial charge in [-0.2, -0.15) is 13.9 Å². The van der Waals surface area contributed by atoms with Crippen molar-refractivity contribution >= 4 is 34.9 Å². The molecule has 2 aliphatic rings. The number of alkyl halides is 2. The fraction of sp³-hybridized carbons (Fsp3) is 0.148. The van der Waals surface area contributed by atoms with Crippen molar-refractivity contribution in [2.45, 2.75) is 18.7 Å². The molecule has 3 N–H and O–H groups in total. The van der Waals surface area contributed by atoms with Crippen molar-refractivity contribution in [3.8, 4) is 11.1 Å². The fourth-order valence-corrected chi connectivity index (χ4v) is 5.28. The molecule has 2 unspecified atom stereocenters. The summed E-state index contributed by atoms with van der Waals surface area (Å²) in [4.78, 5) is 27.8. The van der Waals surface area contributed by atoms with Gasteiger partial charge in [0.2, 0.25) is 0 Å². The van der Waals surface area contributed by atoms with E-state index in [-0.39, 0.29) is 50.8 Å². The molecule has 0 spiro atoms. The summed E-state index contributed by atoms with van der Waals surface area (Å²) < 4.78 is 54.7. The van der Waals surface area contributed by atoms with Crippen molar-refractivity contribution < 1.29 is 32.3 Å². The SMILES string of the molecule is O=C1NC(c2cc(F)ccc2Cl)c2c(NC(=O)N3CC(O)c4cc(F)ccc43)cc(-c3cnn(C(F)F)c3)cc21. The lowest BCUT2D eigenvalue weighted by Crippen LogP contribution is -2.34. The van der Waals surface area contributed by atoms with Crippen molar-refractivity contribution in [1.82, 2.24) is 15.1 Å². The summed E-state index contributed by atoms with van der Waals surface area (Å²) in [5.41, 5.74) is 1.78. The number of nitrogens with one attached hydrogen (secondary N) is 2. The van der Waals surface area contributed by atoms with Gasteiger partial charge >= 0.3 is 12.6 Å². The van der Waals surface area contributed by atoms with Crippen LogP contribution in [0.4, 0.5) is 33.7 Å². The average Bonchev–Trinajstić information content (AvgIpc) is 3.62. The smallest absolute Gasteiger partial charge is 0.333 e. The highest BCUT2D eigenvalue weighted by atomic mass is 35.5. The number of benzene rings is 3. The molecule has 0 aliphatic carbocycles. The third-order valence-electron chi connectivity index (χ3n) is 6.87. The van der Waals surface area contributed by atoms with Crippen LogP contribution in [0.3, 0.4) is 0 Å². The van der Waals surface area contributed by atoms with E-state index in [2.05, 4.69) is 15.7 Å². The quantitative estimate of drug-likeness (QED) is 0.270. The zero-order valence-corrected chi connectivity index (χ0v) is 21.0. The first-order chi connectivity index (χ1) is 19.1. The molecule has 204 valence electrons. The maximum atomic E-state index is 14.2. The number of hydrogen-bond donors (Lipinski definition) is 3. The number of aromatic nitrogens is 2. The monoisotopic (exact) mass is 571 g/mol. The lowest BCUT2D eigenvalue weighted by atomic mass is 9.93.